The molecule has 1 saturated carbocycles. The topological polar surface area (TPSA) is 29.5 Å². The predicted octanol–water partition coefficient (Wildman–Crippen LogP) is 4.11. The van der Waals surface area contributed by atoms with Crippen LogP contribution in [0.3, 0.4) is 0 Å². The molecule has 1 N–H and O–H groups in total. The van der Waals surface area contributed by atoms with E-state index < -0.39 is 6.10 Å². The highest BCUT2D eigenvalue weighted by Gasteiger charge is 2.20. The Balaban J connectivity index is 1.77. The van der Waals surface area contributed by atoms with Gasteiger partial charge in [-0.2, -0.15) is 0 Å². The van der Waals surface area contributed by atoms with Crippen molar-refractivity contribution in [1.29, 1.82) is 0 Å². The molecule has 3 heteroatoms. The molecule has 1 aliphatic carbocycles. The van der Waals surface area contributed by atoms with E-state index in [1.807, 2.05) is 23.6 Å². The Morgan fingerprint density at radius 3 is 2.53 bits per heavy atom. The van der Waals surface area contributed by atoms with Crippen molar-refractivity contribution in [2.45, 2.75) is 31.3 Å². The summed E-state index contributed by atoms with van der Waals surface area (Å²) in [5.74, 6) is 1.55. The van der Waals surface area contributed by atoms with Gasteiger partial charge in [-0.05, 0) is 36.0 Å². The molecule has 0 aliphatic heterocycles. The van der Waals surface area contributed by atoms with Crippen molar-refractivity contribution in [2.75, 3.05) is 7.11 Å². The third-order valence-electron chi connectivity index (χ3n) is 3.93. The summed E-state index contributed by atoms with van der Waals surface area (Å²) in [4.78, 5) is 0.924. The van der Waals surface area contributed by atoms with Crippen molar-refractivity contribution in [1.82, 2.24) is 0 Å². The first-order valence-corrected chi connectivity index (χ1v) is 7.56. The summed E-state index contributed by atoms with van der Waals surface area (Å²) in [5, 5.41) is 12.3. The molecule has 2 nitrogen and oxygen atoms in total. The second-order valence-corrected chi connectivity index (χ2v) is 6.03. The van der Waals surface area contributed by atoms with Gasteiger partial charge in [0.1, 0.15) is 11.9 Å². The Hall–Kier alpha value is -1.32. The summed E-state index contributed by atoms with van der Waals surface area (Å²) in [6, 6.07) is 10.3. The molecule has 100 valence electrons. The standard InChI is InChI=1S/C16H18O2S/c1-18-14-9-15(19-10-14)16(17)13-7-5-12(6-8-13)11-3-2-4-11/h5-11,16-17H,2-4H2,1H3. The van der Waals surface area contributed by atoms with Gasteiger partial charge in [0.25, 0.3) is 0 Å². The van der Waals surface area contributed by atoms with Gasteiger partial charge in [-0.1, -0.05) is 30.7 Å². The van der Waals surface area contributed by atoms with Crippen LogP contribution in [0.5, 0.6) is 5.75 Å². The lowest BCUT2D eigenvalue weighted by Gasteiger charge is -2.26. The molecule has 1 aliphatic rings. The fourth-order valence-corrected chi connectivity index (χ4v) is 3.31. The van der Waals surface area contributed by atoms with Gasteiger partial charge in [0.05, 0.1) is 7.11 Å². The van der Waals surface area contributed by atoms with Crippen LogP contribution < -0.4 is 4.74 Å². The first-order valence-electron chi connectivity index (χ1n) is 6.68. The highest BCUT2D eigenvalue weighted by Crippen LogP contribution is 2.37. The lowest BCUT2D eigenvalue weighted by Crippen LogP contribution is -2.08. The minimum atomic E-state index is -0.552. The smallest absolute Gasteiger partial charge is 0.129 e. The monoisotopic (exact) mass is 274 g/mol. The number of rotatable bonds is 4. The molecule has 1 unspecified atom stereocenters. The average molecular weight is 274 g/mol. The number of thiophene rings is 1. The van der Waals surface area contributed by atoms with Crippen LogP contribution in [0, 0.1) is 0 Å². The minimum absolute atomic E-state index is 0.552. The summed E-state index contributed by atoms with van der Waals surface area (Å²) in [6.45, 7) is 0. The molecule has 3 rings (SSSR count). The molecular formula is C16H18O2S. The summed E-state index contributed by atoms with van der Waals surface area (Å²) in [7, 11) is 1.64. The number of ether oxygens (including phenoxy) is 1. The van der Waals surface area contributed by atoms with Crippen molar-refractivity contribution in [2.24, 2.45) is 0 Å². The third kappa shape index (κ3) is 2.53. The molecule has 0 radical (unpaired) electrons. The van der Waals surface area contributed by atoms with Gasteiger partial charge in [-0.25, -0.2) is 0 Å². The molecule has 0 spiro atoms. The first kappa shape index (κ1) is 12.7. The molecule has 0 amide bonds. The number of aliphatic hydroxyl groups is 1. The van der Waals surface area contributed by atoms with Crippen LogP contribution in [0.4, 0.5) is 0 Å². The van der Waals surface area contributed by atoms with Crippen molar-refractivity contribution >= 4 is 11.3 Å². The molecule has 19 heavy (non-hydrogen) atoms. The number of aliphatic hydroxyl groups excluding tert-OH is 1. The highest BCUT2D eigenvalue weighted by atomic mass is 32.1. The Bertz CT molecular complexity index is 540. The fraction of sp³-hybridized carbons (Fsp3) is 0.375. The van der Waals surface area contributed by atoms with Crippen LogP contribution in [0.1, 0.15) is 47.3 Å². The van der Waals surface area contributed by atoms with E-state index in [0.29, 0.717) is 0 Å². The van der Waals surface area contributed by atoms with E-state index in [9.17, 15) is 5.11 Å². The molecule has 1 atom stereocenters. The zero-order chi connectivity index (χ0) is 13.2. The summed E-state index contributed by atoms with van der Waals surface area (Å²) >= 11 is 1.53. The number of methoxy groups -OCH3 is 1. The maximum atomic E-state index is 10.4. The second kappa shape index (κ2) is 5.35. The van der Waals surface area contributed by atoms with Gasteiger partial charge in [0.2, 0.25) is 0 Å². The molecule has 0 saturated heterocycles. The summed E-state index contributed by atoms with van der Waals surface area (Å²) in [5.41, 5.74) is 2.36. The quantitative estimate of drug-likeness (QED) is 0.909. The van der Waals surface area contributed by atoms with Crippen LogP contribution in [0.2, 0.25) is 0 Å². The summed E-state index contributed by atoms with van der Waals surface area (Å²) < 4.78 is 5.15. The van der Waals surface area contributed by atoms with E-state index in [4.69, 9.17) is 4.74 Å². The summed E-state index contributed by atoms with van der Waals surface area (Å²) in [6.07, 6.45) is 3.42. The zero-order valence-corrected chi connectivity index (χ0v) is 11.8. The van der Waals surface area contributed by atoms with Crippen molar-refractivity contribution in [3.8, 4) is 5.75 Å². The average Bonchev–Trinajstić information content (AvgIpc) is 2.85. The zero-order valence-electron chi connectivity index (χ0n) is 11.0. The largest absolute Gasteiger partial charge is 0.496 e. The lowest BCUT2D eigenvalue weighted by molar-refractivity contribution is 0.224. The third-order valence-corrected chi connectivity index (χ3v) is 4.89. The maximum Gasteiger partial charge on any atom is 0.129 e. The Morgan fingerprint density at radius 2 is 2.00 bits per heavy atom. The van der Waals surface area contributed by atoms with Gasteiger partial charge < -0.3 is 9.84 Å². The lowest BCUT2D eigenvalue weighted by atomic mass is 9.80. The molecule has 1 fully saturated rings. The molecular weight excluding hydrogens is 256 g/mol. The highest BCUT2D eigenvalue weighted by molar-refractivity contribution is 7.10. The van der Waals surface area contributed by atoms with Crippen LogP contribution in [-0.4, -0.2) is 12.2 Å². The Labute approximate surface area is 117 Å². The van der Waals surface area contributed by atoms with Gasteiger partial charge in [-0.15, -0.1) is 11.3 Å². The van der Waals surface area contributed by atoms with Crippen molar-refractivity contribution in [3.05, 3.63) is 51.7 Å². The minimum Gasteiger partial charge on any atom is -0.496 e. The second-order valence-electron chi connectivity index (χ2n) is 5.09. The molecule has 1 heterocycles. The van der Waals surface area contributed by atoms with E-state index in [1.54, 1.807) is 7.11 Å². The first-order chi connectivity index (χ1) is 9.28. The number of benzene rings is 1. The van der Waals surface area contributed by atoms with Gasteiger partial charge >= 0.3 is 0 Å². The van der Waals surface area contributed by atoms with Crippen molar-refractivity contribution in [3.63, 3.8) is 0 Å². The van der Waals surface area contributed by atoms with E-state index in [-0.39, 0.29) is 0 Å². The number of hydrogen-bond donors (Lipinski definition) is 1. The molecule has 1 aromatic heterocycles. The Kier molecular flexibility index (Phi) is 3.58. The van der Waals surface area contributed by atoms with Crippen LogP contribution >= 0.6 is 11.3 Å². The molecule has 2 aromatic rings. The maximum absolute atomic E-state index is 10.4. The molecule has 0 bridgehead atoms. The predicted molar refractivity (Wildman–Crippen MR) is 78.0 cm³/mol. The SMILES string of the molecule is COc1csc(C(O)c2ccc(C3CCC3)cc2)c1. The van der Waals surface area contributed by atoms with Crippen LogP contribution in [0.25, 0.3) is 0 Å². The van der Waals surface area contributed by atoms with Gasteiger partial charge in [-0.3, -0.25) is 0 Å². The van der Waals surface area contributed by atoms with Crippen molar-refractivity contribution < 1.29 is 9.84 Å². The van der Waals surface area contributed by atoms with E-state index in [0.717, 1.165) is 22.1 Å². The number of hydrogen-bond acceptors (Lipinski definition) is 3. The van der Waals surface area contributed by atoms with Gasteiger partial charge in [0.15, 0.2) is 0 Å². The molecule has 1 aromatic carbocycles. The van der Waals surface area contributed by atoms with E-state index in [2.05, 4.69) is 12.1 Å². The van der Waals surface area contributed by atoms with Crippen LogP contribution in [0.15, 0.2) is 35.7 Å². The van der Waals surface area contributed by atoms with Crippen LogP contribution in [-0.2, 0) is 0 Å². The van der Waals surface area contributed by atoms with E-state index in [1.165, 1.54) is 36.2 Å². The Morgan fingerprint density at radius 1 is 1.26 bits per heavy atom. The normalized spacial score (nSPS) is 16.9. The van der Waals surface area contributed by atoms with Gasteiger partial charge in [0, 0.05) is 10.3 Å². The fourth-order valence-electron chi connectivity index (χ4n) is 2.44. The van der Waals surface area contributed by atoms with E-state index >= 15 is 0 Å².